The van der Waals surface area contributed by atoms with E-state index in [4.69, 9.17) is 10.5 Å². The summed E-state index contributed by atoms with van der Waals surface area (Å²) in [5, 5.41) is 5.16. The Balaban J connectivity index is 2.34. The van der Waals surface area contributed by atoms with Gasteiger partial charge in [0.2, 0.25) is 5.91 Å². The van der Waals surface area contributed by atoms with Crippen molar-refractivity contribution in [1.82, 2.24) is 10.6 Å². The Kier molecular flexibility index (Phi) is 5.59. The first-order valence-corrected chi connectivity index (χ1v) is 6.38. The maximum Gasteiger partial charge on any atom is 0.312 e. The number of esters is 1. The van der Waals surface area contributed by atoms with E-state index in [2.05, 4.69) is 10.6 Å². The topological polar surface area (TPSA) is 111 Å². The van der Waals surface area contributed by atoms with Crippen molar-refractivity contribution in [1.29, 1.82) is 0 Å². The maximum absolute atomic E-state index is 11.7. The summed E-state index contributed by atoms with van der Waals surface area (Å²) in [5.41, 5.74) is 4.95. The minimum atomic E-state index is -0.725. The fourth-order valence-corrected chi connectivity index (χ4v) is 2.25. The van der Waals surface area contributed by atoms with Crippen LogP contribution < -0.4 is 16.4 Å². The zero-order chi connectivity index (χ0) is 14.4. The smallest absolute Gasteiger partial charge is 0.312 e. The summed E-state index contributed by atoms with van der Waals surface area (Å²) in [6.07, 6.45) is 2.87. The molecule has 1 aliphatic rings. The Morgan fingerprint density at radius 1 is 1.21 bits per heavy atom. The lowest BCUT2D eigenvalue weighted by Gasteiger charge is -2.28. The van der Waals surface area contributed by atoms with Gasteiger partial charge in [0, 0.05) is 6.04 Å². The number of ether oxygens (including phenoxy) is 1. The lowest BCUT2D eigenvalue weighted by atomic mass is 9.86. The van der Waals surface area contributed by atoms with Crippen LogP contribution in [0.1, 0.15) is 32.6 Å². The fraction of sp³-hybridized carbons (Fsp3) is 0.750. The molecule has 1 saturated carbocycles. The monoisotopic (exact) mass is 271 g/mol. The van der Waals surface area contributed by atoms with Crippen LogP contribution in [0.3, 0.4) is 0 Å². The molecular formula is C12H21N3O4. The lowest BCUT2D eigenvalue weighted by molar-refractivity contribution is -0.146. The van der Waals surface area contributed by atoms with Crippen LogP contribution in [-0.2, 0) is 14.3 Å². The molecule has 19 heavy (non-hydrogen) atoms. The molecule has 1 rings (SSSR count). The molecule has 3 amide bonds. The van der Waals surface area contributed by atoms with Gasteiger partial charge in [-0.2, -0.15) is 0 Å². The summed E-state index contributed by atoms with van der Waals surface area (Å²) < 4.78 is 4.70. The van der Waals surface area contributed by atoms with Crippen molar-refractivity contribution in [2.45, 2.75) is 44.7 Å². The molecule has 7 nitrogen and oxygen atoms in total. The largest absolute Gasteiger partial charge is 0.469 e. The first kappa shape index (κ1) is 15.3. The summed E-state index contributed by atoms with van der Waals surface area (Å²) >= 11 is 0. The highest BCUT2D eigenvalue weighted by Crippen LogP contribution is 2.25. The molecule has 0 aromatic rings. The molecular weight excluding hydrogens is 250 g/mol. The van der Waals surface area contributed by atoms with Gasteiger partial charge < -0.3 is 21.1 Å². The minimum absolute atomic E-state index is 0.0329. The van der Waals surface area contributed by atoms with Crippen LogP contribution in [0.2, 0.25) is 0 Å². The first-order valence-electron chi connectivity index (χ1n) is 6.38. The Morgan fingerprint density at radius 3 is 2.26 bits per heavy atom. The van der Waals surface area contributed by atoms with Gasteiger partial charge in [0.1, 0.15) is 6.04 Å². The minimum Gasteiger partial charge on any atom is -0.469 e. The van der Waals surface area contributed by atoms with Crippen LogP contribution in [0.15, 0.2) is 0 Å². The molecule has 0 saturated heterocycles. The third kappa shape index (κ3) is 4.76. The van der Waals surface area contributed by atoms with Crippen molar-refractivity contribution in [3.8, 4) is 0 Å². The van der Waals surface area contributed by atoms with Crippen LogP contribution in [-0.4, -0.2) is 37.1 Å². The van der Waals surface area contributed by atoms with E-state index in [1.165, 1.54) is 7.11 Å². The Morgan fingerprint density at radius 2 is 1.79 bits per heavy atom. The van der Waals surface area contributed by atoms with Crippen LogP contribution in [0, 0.1) is 5.92 Å². The third-order valence-electron chi connectivity index (χ3n) is 3.36. The normalized spacial score (nSPS) is 24.1. The number of urea groups is 1. The van der Waals surface area contributed by atoms with Crippen molar-refractivity contribution in [3.63, 3.8) is 0 Å². The SMILES string of the molecule is COC(=O)C1CCC(NC(=O)C(C)NC(N)=O)CC1. The summed E-state index contributed by atoms with van der Waals surface area (Å²) in [6.45, 7) is 1.57. The molecule has 0 radical (unpaired) electrons. The average molecular weight is 271 g/mol. The molecule has 0 aliphatic heterocycles. The van der Waals surface area contributed by atoms with Crippen molar-refractivity contribution < 1.29 is 19.1 Å². The number of hydrogen-bond donors (Lipinski definition) is 3. The van der Waals surface area contributed by atoms with Gasteiger partial charge >= 0.3 is 12.0 Å². The predicted octanol–water partition coefficient (Wildman–Crippen LogP) is -0.109. The molecule has 0 aromatic heterocycles. The van der Waals surface area contributed by atoms with Gasteiger partial charge in [0.15, 0.2) is 0 Å². The van der Waals surface area contributed by atoms with Gasteiger partial charge in [-0.3, -0.25) is 9.59 Å². The summed E-state index contributed by atoms with van der Waals surface area (Å²) in [6, 6.07) is -1.35. The Bertz CT molecular complexity index is 351. The van der Waals surface area contributed by atoms with Crippen molar-refractivity contribution in [3.05, 3.63) is 0 Å². The van der Waals surface area contributed by atoms with Crippen LogP contribution in [0.25, 0.3) is 0 Å². The summed E-state index contributed by atoms with van der Waals surface area (Å²) in [5.74, 6) is -0.520. The van der Waals surface area contributed by atoms with Crippen LogP contribution in [0.5, 0.6) is 0 Å². The van der Waals surface area contributed by atoms with E-state index in [9.17, 15) is 14.4 Å². The number of carbonyl (C=O) groups excluding carboxylic acids is 3. The van der Waals surface area contributed by atoms with E-state index in [1.54, 1.807) is 6.92 Å². The van der Waals surface area contributed by atoms with Crippen LogP contribution in [0.4, 0.5) is 4.79 Å². The molecule has 108 valence electrons. The number of nitrogens with one attached hydrogen (secondary N) is 2. The highest BCUT2D eigenvalue weighted by molar-refractivity contribution is 5.86. The zero-order valence-electron chi connectivity index (χ0n) is 11.3. The maximum atomic E-state index is 11.7. The molecule has 1 atom stereocenters. The first-order chi connectivity index (χ1) is 8.93. The molecule has 1 unspecified atom stereocenters. The number of rotatable bonds is 4. The van der Waals surface area contributed by atoms with Crippen molar-refractivity contribution >= 4 is 17.9 Å². The summed E-state index contributed by atoms with van der Waals surface area (Å²) in [4.78, 5) is 33.7. The molecule has 0 heterocycles. The van der Waals surface area contributed by atoms with Gasteiger partial charge in [0.05, 0.1) is 13.0 Å². The zero-order valence-corrected chi connectivity index (χ0v) is 11.3. The van der Waals surface area contributed by atoms with E-state index in [0.717, 1.165) is 12.8 Å². The summed E-state index contributed by atoms with van der Waals surface area (Å²) in [7, 11) is 1.38. The standard InChI is InChI=1S/C12H21N3O4/c1-7(14-12(13)18)10(16)15-9-5-3-8(4-6-9)11(17)19-2/h7-9H,3-6H2,1-2H3,(H,15,16)(H3,13,14,18). The van der Waals surface area contributed by atoms with E-state index in [1.807, 2.05) is 0 Å². The molecule has 1 aliphatic carbocycles. The Labute approximate surface area is 112 Å². The molecule has 0 bridgehead atoms. The second-order valence-corrected chi connectivity index (χ2v) is 4.81. The van der Waals surface area contributed by atoms with E-state index in [0.29, 0.717) is 12.8 Å². The quantitative estimate of drug-likeness (QED) is 0.619. The molecule has 4 N–H and O–H groups in total. The van der Waals surface area contributed by atoms with Gasteiger partial charge in [-0.05, 0) is 32.6 Å². The van der Waals surface area contributed by atoms with Crippen molar-refractivity contribution in [2.75, 3.05) is 7.11 Å². The van der Waals surface area contributed by atoms with Gasteiger partial charge in [-0.15, -0.1) is 0 Å². The van der Waals surface area contributed by atoms with Gasteiger partial charge in [0.25, 0.3) is 0 Å². The second-order valence-electron chi connectivity index (χ2n) is 4.81. The number of amides is 3. The number of carbonyl (C=O) groups is 3. The van der Waals surface area contributed by atoms with Crippen molar-refractivity contribution in [2.24, 2.45) is 11.7 Å². The highest BCUT2D eigenvalue weighted by atomic mass is 16.5. The van der Waals surface area contributed by atoms with E-state index < -0.39 is 12.1 Å². The number of hydrogen-bond acceptors (Lipinski definition) is 4. The molecule has 1 fully saturated rings. The number of primary amides is 1. The average Bonchev–Trinajstić information content (AvgIpc) is 2.37. The van der Waals surface area contributed by atoms with Crippen LogP contribution >= 0.6 is 0 Å². The predicted molar refractivity (Wildman–Crippen MR) is 68.1 cm³/mol. The molecule has 0 aromatic carbocycles. The second kappa shape index (κ2) is 6.96. The van der Waals surface area contributed by atoms with Gasteiger partial charge in [-0.1, -0.05) is 0 Å². The molecule has 0 spiro atoms. The van der Waals surface area contributed by atoms with Gasteiger partial charge in [-0.25, -0.2) is 4.79 Å². The Hall–Kier alpha value is -1.79. The van der Waals surface area contributed by atoms with E-state index >= 15 is 0 Å². The fourth-order valence-electron chi connectivity index (χ4n) is 2.25. The number of nitrogens with two attached hydrogens (primary N) is 1. The molecule has 7 heteroatoms. The third-order valence-corrected chi connectivity index (χ3v) is 3.36. The lowest BCUT2D eigenvalue weighted by Crippen LogP contribution is -2.50. The number of methoxy groups -OCH3 is 1. The van der Waals surface area contributed by atoms with E-state index in [-0.39, 0.29) is 23.8 Å². The highest BCUT2D eigenvalue weighted by Gasteiger charge is 2.28.